The molecule has 1 unspecified atom stereocenters. The quantitative estimate of drug-likeness (QED) is 0.473. The van der Waals surface area contributed by atoms with Crippen LogP contribution in [0.5, 0.6) is 0 Å². The summed E-state index contributed by atoms with van der Waals surface area (Å²) in [4.78, 5) is 8.94. The fourth-order valence-electron chi connectivity index (χ4n) is 4.18. The fraction of sp³-hybridized carbons (Fsp3) is 0.400. The van der Waals surface area contributed by atoms with Crippen LogP contribution in [-0.2, 0) is 6.18 Å². The van der Waals surface area contributed by atoms with E-state index in [-0.39, 0.29) is 11.9 Å². The van der Waals surface area contributed by atoms with Gasteiger partial charge in [0.1, 0.15) is 12.2 Å². The van der Waals surface area contributed by atoms with E-state index in [9.17, 15) is 13.2 Å². The van der Waals surface area contributed by atoms with E-state index < -0.39 is 23.8 Å². The van der Waals surface area contributed by atoms with Gasteiger partial charge in [-0.3, -0.25) is 0 Å². The zero-order valence-electron chi connectivity index (χ0n) is 16.3. The van der Waals surface area contributed by atoms with Crippen LogP contribution in [0.25, 0.3) is 0 Å². The molecule has 1 fully saturated rings. The third-order valence-corrected chi connectivity index (χ3v) is 6.65. The van der Waals surface area contributed by atoms with Crippen LogP contribution in [0.1, 0.15) is 61.3 Å². The molecule has 1 aromatic carbocycles. The van der Waals surface area contributed by atoms with Crippen molar-refractivity contribution < 1.29 is 13.2 Å². The molecule has 162 valence electrons. The number of rotatable bonds is 3. The van der Waals surface area contributed by atoms with Crippen LogP contribution in [-0.4, -0.2) is 30.3 Å². The van der Waals surface area contributed by atoms with Crippen molar-refractivity contribution in [1.82, 2.24) is 24.5 Å². The first kappa shape index (κ1) is 20.5. The minimum Gasteiger partial charge on any atom is -0.246 e. The molecular weight excluding hydrogens is 452 g/mol. The molecule has 0 radical (unpaired) electrons. The Balaban J connectivity index is 1.70. The predicted octanol–water partition coefficient (Wildman–Crippen LogP) is 6.00. The summed E-state index contributed by atoms with van der Waals surface area (Å²) in [5, 5.41) is 8.96. The van der Waals surface area contributed by atoms with Gasteiger partial charge in [0, 0.05) is 11.8 Å². The van der Waals surface area contributed by atoms with Crippen molar-refractivity contribution in [3.05, 3.63) is 57.7 Å². The molecule has 2 atom stereocenters. The SMILES string of the molecule is CC1=Nc2cc(C(F)(F)F)nn2[C@H](c2ccc(Cl)c(Cl)c2)C1c1ncnn1C1CCC1. The second kappa shape index (κ2) is 7.34. The van der Waals surface area contributed by atoms with Gasteiger partial charge in [-0.2, -0.15) is 23.4 Å². The second-order valence-corrected chi connectivity index (χ2v) is 8.64. The first-order chi connectivity index (χ1) is 14.7. The van der Waals surface area contributed by atoms with E-state index in [4.69, 9.17) is 23.2 Å². The van der Waals surface area contributed by atoms with Crippen molar-refractivity contribution in [2.45, 2.75) is 50.4 Å². The molecule has 0 spiro atoms. The molecule has 2 aromatic heterocycles. The van der Waals surface area contributed by atoms with Crippen LogP contribution in [0.2, 0.25) is 10.0 Å². The lowest BCUT2D eigenvalue weighted by molar-refractivity contribution is -0.141. The molecule has 3 aromatic rings. The zero-order valence-corrected chi connectivity index (χ0v) is 17.8. The lowest BCUT2D eigenvalue weighted by Gasteiger charge is -2.34. The number of hydrogen-bond donors (Lipinski definition) is 0. The number of aliphatic imine (C=N–C) groups is 1. The van der Waals surface area contributed by atoms with Gasteiger partial charge in [0.25, 0.3) is 0 Å². The first-order valence-corrected chi connectivity index (χ1v) is 10.6. The monoisotopic (exact) mass is 468 g/mol. The summed E-state index contributed by atoms with van der Waals surface area (Å²) in [6, 6.07) is 5.57. The highest BCUT2D eigenvalue weighted by molar-refractivity contribution is 6.42. The van der Waals surface area contributed by atoms with Gasteiger partial charge < -0.3 is 0 Å². The van der Waals surface area contributed by atoms with Crippen molar-refractivity contribution in [2.24, 2.45) is 4.99 Å². The highest BCUT2D eigenvalue weighted by atomic mass is 35.5. The summed E-state index contributed by atoms with van der Waals surface area (Å²) in [6.45, 7) is 1.79. The highest BCUT2D eigenvalue weighted by Gasteiger charge is 2.42. The maximum Gasteiger partial charge on any atom is 0.435 e. The third-order valence-electron chi connectivity index (χ3n) is 5.91. The molecule has 0 N–H and O–H groups in total. The van der Waals surface area contributed by atoms with E-state index in [1.165, 1.54) is 11.0 Å². The molecule has 3 heterocycles. The van der Waals surface area contributed by atoms with Crippen molar-refractivity contribution in [1.29, 1.82) is 0 Å². The van der Waals surface area contributed by atoms with Crippen LogP contribution < -0.4 is 0 Å². The number of hydrogen-bond acceptors (Lipinski definition) is 4. The minimum atomic E-state index is -4.59. The van der Waals surface area contributed by atoms with Gasteiger partial charge in [-0.05, 0) is 43.9 Å². The van der Waals surface area contributed by atoms with Gasteiger partial charge in [0.15, 0.2) is 11.5 Å². The average Bonchev–Trinajstić information content (AvgIpc) is 3.28. The van der Waals surface area contributed by atoms with Gasteiger partial charge in [0.05, 0.1) is 28.0 Å². The molecular formula is C20H17Cl2F3N6. The third kappa shape index (κ3) is 3.43. The van der Waals surface area contributed by atoms with Gasteiger partial charge >= 0.3 is 6.18 Å². The molecule has 6 nitrogen and oxygen atoms in total. The number of halogens is 5. The zero-order chi connectivity index (χ0) is 21.9. The van der Waals surface area contributed by atoms with Crippen LogP contribution in [0, 0.1) is 0 Å². The van der Waals surface area contributed by atoms with Gasteiger partial charge in [-0.25, -0.2) is 19.3 Å². The standard InChI is InChI=1S/C20H17Cl2F3N6/c1-10-17(19-26-9-27-30(19)12-3-2-4-12)18(11-5-6-13(21)14(22)7-11)31-16(28-10)8-15(29-31)20(23,24)25/h5-9,12,17-18H,2-4H2,1H3/t17?,18-/m1/s1. The van der Waals surface area contributed by atoms with Crippen LogP contribution in [0.3, 0.4) is 0 Å². The summed E-state index contributed by atoms with van der Waals surface area (Å²) in [6.07, 6.45) is -0.0237. The van der Waals surface area contributed by atoms with Crippen LogP contribution in [0.4, 0.5) is 19.0 Å². The molecule has 11 heteroatoms. The van der Waals surface area contributed by atoms with Crippen LogP contribution in [0.15, 0.2) is 35.6 Å². The average molecular weight is 469 g/mol. The lowest BCUT2D eigenvalue weighted by Crippen LogP contribution is -2.32. The Morgan fingerprint density at radius 3 is 2.48 bits per heavy atom. The molecule has 0 amide bonds. The Labute approximate surface area is 185 Å². The summed E-state index contributed by atoms with van der Waals surface area (Å²) in [5.74, 6) is 0.317. The van der Waals surface area contributed by atoms with E-state index in [1.54, 1.807) is 25.1 Å². The van der Waals surface area contributed by atoms with Crippen LogP contribution >= 0.6 is 23.2 Å². The second-order valence-electron chi connectivity index (χ2n) is 7.83. The Bertz CT molecular complexity index is 1180. The molecule has 1 saturated carbocycles. The largest absolute Gasteiger partial charge is 0.435 e. The smallest absolute Gasteiger partial charge is 0.246 e. The predicted molar refractivity (Wildman–Crippen MR) is 110 cm³/mol. The van der Waals surface area contributed by atoms with E-state index >= 15 is 0 Å². The maximum atomic E-state index is 13.4. The number of benzene rings is 1. The summed E-state index contributed by atoms with van der Waals surface area (Å²) >= 11 is 12.3. The van der Waals surface area contributed by atoms with Crippen molar-refractivity contribution in [2.75, 3.05) is 0 Å². The summed E-state index contributed by atoms with van der Waals surface area (Å²) in [5.41, 5.74) is 0.297. The fourth-order valence-corrected chi connectivity index (χ4v) is 4.49. The summed E-state index contributed by atoms with van der Waals surface area (Å²) in [7, 11) is 0. The Hall–Kier alpha value is -2.39. The molecule has 2 aliphatic rings. The van der Waals surface area contributed by atoms with Gasteiger partial charge in [-0.15, -0.1) is 0 Å². The maximum absolute atomic E-state index is 13.4. The molecule has 0 saturated heterocycles. The van der Waals surface area contributed by atoms with E-state index in [0.717, 1.165) is 25.3 Å². The van der Waals surface area contributed by atoms with E-state index in [1.807, 2.05) is 4.68 Å². The minimum absolute atomic E-state index is 0.131. The molecule has 1 aliphatic heterocycles. The molecule has 0 bridgehead atoms. The number of fused-ring (bicyclic) bond motifs is 1. The van der Waals surface area contributed by atoms with Crippen molar-refractivity contribution in [3.8, 4) is 0 Å². The highest BCUT2D eigenvalue weighted by Crippen LogP contribution is 2.45. The normalized spacial score (nSPS) is 21.5. The Morgan fingerprint density at radius 1 is 1.06 bits per heavy atom. The van der Waals surface area contributed by atoms with Gasteiger partial charge in [0.2, 0.25) is 0 Å². The molecule has 31 heavy (non-hydrogen) atoms. The first-order valence-electron chi connectivity index (χ1n) is 9.80. The lowest BCUT2D eigenvalue weighted by atomic mass is 9.86. The molecule has 5 rings (SSSR count). The number of nitrogens with zero attached hydrogens (tertiary/aromatic N) is 6. The van der Waals surface area contributed by atoms with Gasteiger partial charge in [-0.1, -0.05) is 29.3 Å². The topological polar surface area (TPSA) is 60.9 Å². The van der Waals surface area contributed by atoms with Crippen molar-refractivity contribution >= 4 is 34.7 Å². The van der Waals surface area contributed by atoms with Crippen molar-refractivity contribution in [3.63, 3.8) is 0 Å². The Morgan fingerprint density at radius 2 is 1.84 bits per heavy atom. The Kier molecular flexibility index (Phi) is 4.86. The van der Waals surface area contributed by atoms with E-state index in [2.05, 4.69) is 20.2 Å². The number of alkyl halides is 3. The van der Waals surface area contributed by atoms with E-state index in [0.29, 0.717) is 27.1 Å². The molecule has 1 aliphatic carbocycles. The number of aromatic nitrogens is 5. The summed E-state index contributed by atoms with van der Waals surface area (Å²) < 4.78 is 43.4.